The average molecular weight is 331 g/mol. The molecule has 114 valence electrons. The quantitative estimate of drug-likeness (QED) is 0.745. The molecule has 0 spiro atoms. The first-order valence-corrected chi connectivity index (χ1v) is 8.71. The molecule has 0 aliphatic carbocycles. The van der Waals surface area contributed by atoms with Crippen LogP contribution in [0.3, 0.4) is 0 Å². The number of thiazole rings is 1. The van der Waals surface area contributed by atoms with Gasteiger partial charge < -0.3 is 10.1 Å². The van der Waals surface area contributed by atoms with Crippen molar-refractivity contribution in [2.24, 2.45) is 0 Å². The van der Waals surface area contributed by atoms with E-state index in [-0.39, 0.29) is 0 Å². The van der Waals surface area contributed by atoms with E-state index < -0.39 is 0 Å². The maximum atomic E-state index is 5.32. The van der Waals surface area contributed by atoms with E-state index in [4.69, 9.17) is 4.74 Å². The largest absolute Gasteiger partial charge is 0.481 e. The second-order valence-corrected chi connectivity index (χ2v) is 6.65. The number of rotatable bonds is 6. The van der Waals surface area contributed by atoms with Gasteiger partial charge in [0.2, 0.25) is 5.88 Å². The van der Waals surface area contributed by atoms with Crippen molar-refractivity contribution in [3.63, 3.8) is 0 Å². The maximum Gasteiger partial charge on any atom is 0.217 e. The molecular weight excluding hydrogens is 314 g/mol. The number of aromatic nitrogens is 2. The minimum Gasteiger partial charge on any atom is -0.481 e. The fraction of sp³-hybridized carbons (Fsp3) is 0.250. The molecule has 3 rings (SSSR count). The van der Waals surface area contributed by atoms with Crippen LogP contribution in [-0.2, 0) is 13.1 Å². The number of hydrogen-bond acceptors (Lipinski definition) is 6. The fourth-order valence-electron chi connectivity index (χ4n) is 2.10. The first kappa shape index (κ1) is 15.1. The lowest BCUT2D eigenvalue weighted by atomic mass is 10.2. The lowest BCUT2D eigenvalue weighted by Gasteiger charge is -2.08. The van der Waals surface area contributed by atoms with Crippen molar-refractivity contribution in [3.05, 3.63) is 52.0 Å². The van der Waals surface area contributed by atoms with E-state index in [0.717, 1.165) is 28.5 Å². The van der Waals surface area contributed by atoms with Gasteiger partial charge in [0.25, 0.3) is 0 Å². The summed E-state index contributed by atoms with van der Waals surface area (Å²) in [6.07, 6.45) is 0. The number of nitrogens with one attached hydrogen (secondary N) is 1. The summed E-state index contributed by atoms with van der Waals surface area (Å²) in [5.74, 6) is 0.685. The average Bonchev–Trinajstić information content (AvgIpc) is 3.19. The zero-order valence-electron chi connectivity index (χ0n) is 12.5. The maximum absolute atomic E-state index is 5.32. The number of thiophene rings is 1. The van der Waals surface area contributed by atoms with Crippen LogP contribution in [0.1, 0.15) is 17.0 Å². The lowest BCUT2D eigenvalue weighted by molar-refractivity contribution is 0.389. The number of ether oxygens (including phenoxy) is 1. The second-order valence-electron chi connectivity index (χ2n) is 4.85. The third-order valence-electron chi connectivity index (χ3n) is 3.18. The van der Waals surface area contributed by atoms with Crippen molar-refractivity contribution in [2.75, 3.05) is 7.11 Å². The molecule has 0 bridgehead atoms. The van der Waals surface area contributed by atoms with E-state index in [2.05, 4.69) is 38.2 Å². The summed E-state index contributed by atoms with van der Waals surface area (Å²) >= 11 is 3.40. The highest BCUT2D eigenvalue weighted by molar-refractivity contribution is 7.20. The number of aryl methyl sites for hydroxylation is 1. The van der Waals surface area contributed by atoms with Gasteiger partial charge in [0, 0.05) is 29.7 Å². The van der Waals surface area contributed by atoms with Crippen LogP contribution in [0.25, 0.3) is 9.88 Å². The smallest absolute Gasteiger partial charge is 0.217 e. The topological polar surface area (TPSA) is 47.0 Å². The summed E-state index contributed by atoms with van der Waals surface area (Å²) in [6.45, 7) is 3.41. The molecule has 0 fully saturated rings. The zero-order valence-corrected chi connectivity index (χ0v) is 14.1. The summed E-state index contributed by atoms with van der Waals surface area (Å²) in [4.78, 5) is 10.3. The van der Waals surface area contributed by atoms with Crippen molar-refractivity contribution in [1.82, 2.24) is 15.3 Å². The Balaban J connectivity index is 1.60. The molecule has 0 amide bonds. The third-order valence-corrected chi connectivity index (χ3v) is 5.11. The van der Waals surface area contributed by atoms with Crippen LogP contribution in [0.5, 0.6) is 5.88 Å². The summed E-state index contributed by atoms with van der Waals surface area (Å²) in [5.41, 5.74) is 3.08. The predicted octanol–water partition coefficient (Wildman–Crippen LogP) is 3.87. The molecule has 0 atom stereocenters. The van der Waals surface area contributed by atoms with Gasteiger partial charge >= 0.3 is 0 Å². The van der Waals surface area contributed by atoms with E-state index in [0.29, 0.717) is 12.4 Å². The Morgan fingerprint density at radius 2 is 2.05 bits per heavy atom. The Morgan fingerprint density at radius 3 is 2.82 bits per heavy atom. The van der Waals surface area contributed by atoms with E-state index in [9.17, 15) is 0 Å². The van der Waals surface area contributed by atoms with E-state index in [1.165, 1.54) is 4.88 Å². The second kappa shape index (κ2) is 7.00. The molecule has 0 unspecified atom stereocenters. The van der Waals surface area contributed by atoms with E-state index >= 15 is 0 Å². The number of pyridine rings is 1. The van der Waals surface area contributed by atoms with Gasteiger partial charge in [0.1, 0.15) is 5.01 Å². The van der Waals surface area contributed by atoms with Crippen LogP contribution in [0.2, 0.25) is 0 Å². The van der Waals surface area contributed by atoms with Gasteiger partial charge in [-0.05, 0) is 24.4 Å². The minimum atomic E-state index is 0.685. The first-order chi connectivity index (χ1) is 10.8. The van der Waals surface area contributed by atoms with Crippen LogP contribution in [0.15, 0.2) is 35.0 Å². The van der Waals surface area contributed by atoms with Crippen LogP contribution in [-0.4, -0.2) is 17.1 Å². The molecule has 22 heavy (non-hydrogen) atoms. The van der Waals surface area contributed by atoms with Gasteiger partial charge in [-0.3, -0.25) is 0 Å². The Hall–Kier alpha value is -1.76. The molecule has 0 saturated heterocycles. The summed E-state index contributed by atoms with van der Waals surface area (Å²) in [7, 11) is 1.65. The molecular formula is C16H17N3OS2. The standard InChI is InChI=1S/C16H17N3OS2/c1-11-5-6-12(15(18-11)20-2)8-17-9-13-10-22-16(19-13)14-4-3-7-21-14/h3-7,10,17H,8-9H2,1-2H3. The van der Waals surface area contributed by atoms with Crippen molar-refractivity contribution >= 4 is 22.7 Å². The zero-order chi connectivity index (χ0) is 15.4. The van der Waals surface area contributed by atoms with Crippen LogP contribution >= 0.6 is 22.7 Å². The molecule has 6 heteroatoms. The highest BCUT2D eigenvalue weighted by Gasteiger charge is 2.07. The van der Waals surface area contributed by atoms with Gasteiger partial charge in [-0.15, -0.1) is 22.7 Å². The monoisotopic (exact) mass is 331 g/mol. The van der Waals surface area contributed by atoms with Gasteiger partial charge in [-0.2, -0.15) is 0 Å². The Morgan fingerprint density at radius 1 is 1.14 bits per heavy atom. The lowest BCUT2D eigenvalue weighted by Crippen LogP contribution is -2.14. The Bertz CT molecular complexity index is 738. The van der Waals surface area contributed by atoms with Gasteiger partial charge in [-0.25, -0.2) is 9.97 Å². The van der Waals surface area contributed by atoms with Crippen molar-refractivity contribution in [1.29, 1.82) is 0 Å². The number of hydrogen-bond donors (Lipinski definition) is 1. The molecule has 3 aromatic rings. The normalized spacial score (nSPS) is 10.8. The van der Waals surface area contributed by atoms with Gasteiger partial charge in [0.15, 0.2) is 0 Å². The van der Waals surface area contributed by atoms with Crippen LogP contribution < -0.4 is 10.1 Å². The van der Waals surface area contributed by atoms with Crippen molar-refractivity contribution in [2.45, 2.75) is 20.0 Å². The SMILES string of the molecule is COc1nc(C)ccc1CNCc1csc(-c2cccs2)n1. The minimum absolute atomic E-state index is 0.685. The molecule has 0 aliphatic rings. The molecule has 0 aromatic carbocycles. The third kappa shape index (κ3) is 3.52. The summed E-state index contributed by atoms with van der Waals surface area (Å²) in [6, 6.07) is 8.20. The fourth-order valence-corrected chi connectivity index (χ4v) is 3.73. The number of nitrogens with zero attached hydrogens (tertiary/aromatic N) is 2. The summed E-state index contributed by atoms with van der Waals surface area (Å²) < 4.78 is 5.32. The van der Waals surface area contributed by atoms with E-state index in [1.54, 1.807) is 29.8 Å². The molecule has 1 N–H and O–H groups in total. The van der Waals surface area contributed by atoms with Gasteiger partial charge in [0.05, 0.1) is 17.7 Å². The van der Waals surface area contributed by atoms with Crippen LogP contribution in [0.4, 0.5) is 0 Å². The highest BCUT2D eigenvalue weighted by Crippen LogP contribution is 2.27. The molecule has 3 aromatic heterocycles. The molecule has 0 saturated carbocycles. The molecule has 0 aliphatic heterocycles. The Kier molecular flexibility index (Phi) is 4.82. The van der Waals surface area contributed by atoms with E-state index in [1.807, 2.05) is 19.1 Å². The predicted molar refractivity (Wildman–Crippen MR) is 91.5 cm³/mol. The Labute approximate surface area is 137 Å². The summed E-state index contributed by atoms with van der Waals surface area (Å²) in [5, 5.41) is 8.66. The molecule has 0 radical (unpaired) electrons. The van der Waals surface area contributed by atoms with Crippen LogP contribution in [0, 0.1) is 6.92 Å². The molecule has 3 heterocycles. The van der Waals surface area contributed by atoms with Gasteiger partial charge in [-0.1, -0.05) is 12.1 Å². The first-order valence-electron chi connectivity index (χ1n) is 6.96. The highest BCUT2D eigenvalue weighted by atomic mass is 32.1. The van der Waals surface area contributed by atoms with Crippen molar-refractivity contribution in [3.8, 4) is 15.8 Å². The molecule has 4 nitrogen and oxygen atoms in total. The van der Waals surface area contributed by atoms with Crippen molar-refractivity contribution < 1.29 is 4.74 Å². The number of methoxy groups -OCH3 is 1.